The lowest BCUT2D eigenvalue weighted by Crippen LogP contribution is -2.40. The Morgan fingerprint density at radius 1 is 1.18 bits per heavy atom. The van der Waals surface area contributed by atoms with Crippen LogP contribution in [0.1, 0.15) is 29.6 Å². The number of carboxylic acid groups (broad SMARTS) is 1. The van der Waals surface area contributed by atoms with Crippen molar-refractivity contribution in [3.05, 3.63) is 35.9 Å². The minimum absolute atomic E-state index is 0.191. The maximum Gasteiger partial charge on any atom is 0.308 e. The fourth-order valence-electron chi connectivity index (χ4n) is 2.27. The first-order valence-corrected chi connectivity index (χ1v) is 5.77. The molecular weight excluding hydrogens is 218 g/mol. The molecule has 1 amide bonds. The number of carboxylic acids is 1. The Bertz CT molecular complexity index is 416. The molecule has 0 aromatic heterocycles. The molecule has 2 N–H and O–H groups in total. The van der Waals surface area contributed by atoms with Crippen LogP contribution in [0.25, 0.3) is 0 Å². The SMILES string of the molecule is O=C(N[C@@H]1CCC[C@H]1C(=O)O)c1ccccc1. The van der Waals surface area contributed by atoms with Crippen LogP contribution in [0, 0.1) is 5.92 Å². The second-order valence-corrected chi connectivity index (χ2v) is 4.32. The third-order valence-electron chi connectivity index (χ3n) is 3.19. The zero-order valence-corrected chi connectivity index (χ0v) is 9.43. The highest BCUT2D eigenvalue weighted by Crippen LogP contribution is 2.26. The molecule has 0 radical (unpaired) electrons. The quantitative estimate of drug-likeness (QED) is 0.834. The van der Waals surface area contributed by atoms with Gasteiger partial charge in [-0.1, -0.05) is 24.6 Å². The van der Waals surface area contributed by atoms with Gasteiger partial charge in [0.1, 0.15) is 0 Å². The maximum atomic E-state index is 11.9. The highest BCUT2D eigenvalue weighted by molar-refractivity contribution is 5.94. The Morgan fingerprint density at radius 2 is 1.88 bits per heavy atom. The van der Waals surface area contributed by atoms with Gasteiger partial charge in [0.25, 0.3) is 5.91 Å². The van der Waals surface area contributed by atoms with Crippen LogP contribution >= 0.6 is 0 Å². The topological polar surface area (TPSA) is 66.4 Å². The predicted octanol–water partition coefficient (Wildman–Crippen LogP) is 1.67. The van der Waals surface area contributed by atoms with E-state index in [1.165, 1.54) is 0 Å². The van der Waals surface area contributed by atoms with Gasteiger partial charge in [0.05, 0.1) is 5.92 Å². The minimum atomic E-state index is -0.819. The van der Waals surface area contributed by atoms with Crippen molar-refractivity contribution in [2.24, 2.45) is 5.92 Å². The van der Waals surface area contributed by atoms with Crippen molar-refractivity contribution in [3.63, 3.8) is 0 Å². The zero-order valence-electron chi connectivity index (χ0n) is 9.43. The van der Waals surface area contributed by atoms with Crippen LogP contribution in [0.15, 0.2) is 30.3 Å². The van der Waals surface area contributed by atoms with Gasteiger partial charge in [-0.3, -0.25) is 9.59 Å². The average Bonchev–Trinajstić information content (AvgIpc) is 2.78. The van der Waals surface area contributed by atoms with Gasteiger partial charge >= 0.3 is 5.97 Å². The molecule has 4 heteroatoms. The third-order valence-corrected chi connectivity index (χ3v) is 3.19. The van der Waals surface area contributed by atoms with E-state index in [-0.39, 0.29) is 11.9 Å². The Labute approximate surface area is 99.6 Å². The number of rotatable bonds is 3. The number of benzene rings is 1. The molecule has 1 fully saturated rings. The van der Waals surface area contributed by atoms with E-state index in [4.69, 9.17) is 5.11 Å². The predicted molar refractivity (Wildman–Crippen MR) is 62.7 cm³/mol. The molecule has 17 heavy (non-hydrogen) atoms. The summed E-state index contributed by atoms with van der Waals surface area (Å²) in [4.78, 5) is 22.8. The van der Waals surface area contributed by atoms with E-state index in [0.717, 1.165) is 12.8 Å². The molecule has 0 bridgehead atoms. The van der Waals surface area contributed by atoms with Gasteiger partial charge in [-0.2, -0.15) is 0 Å². The van der Waals surface area contributed by atoms with E-state index in [1.54, 1.807) is 24.3 Å². The standard InChI is InChI=1S/C13H15NO3/c15-12(9-5-2-1-3-6-9)14-11-8-4-7-10(11)13(16)17/h1-3,5-6,10-11H,4,7-8H2,(H,14,15)(H,16,17)/t10-,11-/m1/s1. The summed E-state index contributed by atoms with van der Waals surface area (Å²) in [6.45, 7) is 0. The molecular formula is C13H15NO3. The molecule has 1 saturated carbocycles. The lowest BCUT2D eigenvalue weighted by Gasteiger charge is -2.17. The Morgan fingerprint density at radius 3 is 2.53 bits per heavy atom. The number of hydrogen-bond donors (Lipinski definition) is 2. The summed E-state index contributed by atoms with van der Waals surface area (Å²) in [7, 11) is 0. The van der Waals surface area contributed by atoms with E-state index in [0.29, 0.717) is 12.0 Å². The van der Waals surface area contributed by atoms with E-state index in [1.807, 2.05) is 6.07 Å². The highest BCUT2D eigenvalue weighted by Gasteiger charge is 2.33. The van der Waals surface area contributed by atoms with Gasteiger partial charge in [-0.05, 0) is 25.0 Å². The van der Waals surface area contributed by atoms with E-state index in [9.17, 15) is 9.59 Å². The van der Waals surface area contributed by atoms with Gasteiger partial charge in [-0.25, -0.2) is 0 Å². The van der Waals surface area contributed by atoms with Crippen molar-refractivity contribution < 1.29 is 14.7 Å². The van der Waals surface area contributed by atoms with Crippen molar-refractivity contribution >= 4 is 11.9 Å². The van der Waals surface area contributed by atoms with Crippen LogP contribution in [-0.2, 0) is 4.79 Å². The molecule has 0 saturated heterocycles. The summed E-state index contributed by atoms with van der Waals surface area (Å²) in [6, 6.07) is 8.63. The molecule has 0 unspecified atom stereocenters. The van der Waals surface area contributed by atoms with E-state index in [2.05, 4.69) is 5.32 Å². The first-order valence-electron chi connectivity index (χ1n) is 5.77. The number of carbonyl (C=O) groups is 2. The van der Waals surface area contributed by atoms with Gasteiger partial charge in [0.15, 0.2) is 0 Å². The van der Waals surface area contributed by atoms with Crippen LogP contribution in [0.5, 0.6) is 0 Å². The first-order chi connectivity index (χ1) is 8.18. The number of carbonyl (C=O) groups excluding carboxylic acids is 1. The smallest absolute Gasteiger partial charge is 0.308 e. The fourth-order valence-corrected chi connectivity index (χ4v) is 2.27. The monoisotopic (exact) mass is 233 g/mol. The number of aliphatic carboxylic acids is 1. The Hall–Kier alpha value is -1.84. The first kappa shape index (κ1) is 11.6. The number of amides is 1. The van der Waals surface area contributed by atoms with Crippen LogP contribution < -0.4 is 5.32 Å². The molecule has 2 atom stereocenters. The van der Waals surface area contributed by atoms with Crippen molar-refractivity contribution in [1.82, 2.24) is 5.32 Å². The average molecular weight is 233 g/mol. The summed E-state index contributed by atoms with van der Waals surface area (Å²) in [5.41, 5.74) is 0.573. The summed E-state index contributed by atoms with van der Waals surface area (Å²) >= 11 is 0. The largest absolute Gasteiger partial charge is 0.481 e. The molecule has 1 aliphatic rings. The van der Waals surface area contributed by atoms with Gasteiger partial charge in [0.2, 0.25) is 0 Å². The van der Waals surface area contributed by atoms with Crippen LogP contribution in [0.3, 0.4) is 0 Å². The minimum Gasteiger partial charge on any atom is -0.481 e. The summed E-state index contributed by atoms with van der Waals surface area (Å²) < 4.78 is 0. The molecule has 90 valence electrons. The molecule has 0 heterocycles. The molecule has 4 nitrogen and oxygen atoms in total. The van der Waals surface area contributed by atoms with Crippen LogP contribution in [-0.4, -0.2) is 23.0 Å². The molecule has 0 spiro atoms. The van der Waals surface area contributed by atoms with Gasteiger partial charge < -0.3 is 10.4 Å². The second kappa shape index (κ2) is 4.99. The number of nitrogens with one attached hydrogen (secondary N) is 1. The lowest BCUT2D eigenvalue weighted by molar-refractivity contribution is -0.142. The zero-order chi connectivity index (χ0) is 12.3. The maximum absolute atomic E-state index is 11.9. The summed E-state index contributed by atoms with van der Waals surface area (Å²) in [5.74, 6) is -1.45. The van der Waals surface area contributed by atoms with Crippen molar-refractivity contribution in [2.45, 2.75) is 25.3 Å². The van der Waals surface area contributed by atoms with Crippen molar-refractivity contribution in [1.29, 1.82) is 0 Å². The van der Waals surface area contributed by atoms with Crippen LogP contribution in [0.2, 0.25) is 0 Å². The normalized spacial score (nSPS) is 23.3. The van der Waals surface area contributed by atoms with Crippen molar-refractivity contribution in [3.8, 4) is 0 Å². The van der Waals surface area contributed by atoms with Crippen molar-refractivity contribution in [2.75, 3.05) is 0 Å². The molecule has 0 aliphatic heterocycles. The summed E-state index contributed by atoms with van der Waals surface area (Å²) in [6.07, 6.45) is 2.25. The molecule has 1 aromatic carbocycles. The van der Waals surface area contributed by atoms with Gasteiger partial charge in [0, 0.05) is 11.6 Å². The lowest BCUT2D eigenvalue weighted by atomic mass is 10.0. The Balaban J connectivity index is 2.02. The van der Waals surface area contributed by atoms with Crippen LogP contribution in [0.4, 0.5) is 0 Å². The fraction of sp³-hybridized carbons (Fsp3) is 0.385. The second-order valence-electron chi connectivity index (χ2n) is 4.32. The van der Waals surface area contributed by atoms with E-state index < -0.39 is 11.9 Å². The summed E-state index contributed by atoms with van der Waals surface area (Å²) in [5, 5.41) is 11.8. The van der Waals surface area contributed by atoms with E-state index >= 15 is 0 Å². The molecule has 1 aliphatic carbocycles. The molecule has 1 aromatic rings. The number of hydrogen-bond acceptors (Lipinski definition) is 2. The third kappa shape index (κ3) is 2.64. The Kier molecular flexibility index (Phi) is 3.42. The molecule has 2 rings (SSSR count). The highest BCUT2D eigenvalue weighted by atomic mass is 16.4. The van der Waals surface area contributed by atoms with Gasteiger partial charge in [-0.15, -0.1) is 0 Å².